The number of ether oxygens (including phenoxy) is 1. The molecule has 0 aromatic rings. The molecule has 1 rings (SSSR count). The predicted octanol–water partition coefficient (Wildman–Crippen LogP) is 2.21. The van der Waals surface area contributed by atoms with Crippen LogP contribution < -0.4 is 0 Å². The van der Waals surface area contributed by atoms with Gasteiger partial charge in [0.15, 0.2) is 5.16 Å². The van der Waals surface area contributed by atoms with Crippen LogP contribution in [-0.2, 0) is 14.1 Å². The number of hydrogen-bond donors (Lipinski definition) is 2. The van der Waals surface area contributed by atoms with Gasteiger partial charge in [-0.15, -0.1) is 0 Å². The zero-order valence-corrected chi connectivity index (χ0v) is 11.3. The van der Waals surface area contributed by atoms with Crippen LogP contribution in [0.5, 0.6) is 0 Å². The Morgan fingerprint density at radius 3 is 2.12 bits per heavy atom. The molecule has 0 aliphatic heterocycles. The molecule has 6 heteroatoms. The molecule has 0 unspecified atom stereocenters. The van der Waals surface area contributed by atoms with Gasteiger partial charge >= 0.3 is 13.6 Å². The Morgan fingerprint density at radius 1 is 1.29 bits per heavy atom. The second kappa shape index (κ2) is 5.51. The summed E-state index contributed by atoms with van der Waals surface area (Å²) in [6.07, 6.45) is 3.66. The summed E-state index contributed by atoms with van der Waals surface area (Å²) in [5.74, 6) is -0.734. The molecular weight excluding hydrogens is 243 g/mol. The summed E-state index contributed by atoms with van der Waals surface area (Å²) in [7, 11) is -4.49. The van der Waals surface area contributed by atoms with E-state index in [9.17, 15) is 19.1 Å². The van der Waals surface area contributed by atoms with Crippen molar-refractivity contribution in [3.05, 3.63) is 0 Å². The van der Waals surface area contributed by atoms with Crippen molar-refractivity contribution in [1.29, 1.82) is 0 Å². The average Bonchev–Trinajstić information content (AvgIpc) is 2.71. The van der Waals surface area contributed by atoms with Gasteiger partial charge in [-0.2, -0.15) is 0 Å². The van der Waals surface area contributed by atoms with Crippen molar-refractivity contribution in [1.82, 2.24) is 0 Å². The summed E-state index contributed by atoms with van der Waals surface area (Å²) >= 11 is 0. The summed E-state index contributed by atoms with van der Waals surface area (Å²) in [5.41, 5.74) is 0. The minimum atomic E-state index is -4.49. The number of rotatable bonds is 5. The molecule has 0 aromatic carbocycles. The van der Waals surface area contributed by atoms with Crippen LogP contribution in [0, 0.1) is 0 Å². The zero-order chi connectivity index (χ0) is 13.1. The first-order valence-corrected chi connectivity index (χ1v) is 7.75. The van der Waals surface area contributed by atoms with Gasteiger partial charge in [0.05, 0.1) is 0 Å². The lowest BCUT2D eigenvalue weighted by Crippen LogP contribution is -2.40. The van der Waals surface area contributed by atoms with Crippen LogP contribution in [0.15, 0.2) is 0 Å². The fourth-order valence-corrected chi connectivity index (χ4v) is 3.45. The van der Waals surface area contributed by atoms with Crippen molar-refractivity contribution in [2.45, 2.75) is 63.6 Å². The molecule has 1 aliphatic rings. The van der Waals surface area contributed by atoms with Gasteiger partial charge in [0.25, 0.3) is 0 Å². The third-order valence-electron chi connectivity index (χ3n) is 3.68. The summed E-state index contributed by atoms with van der Waals surface area (Å²) < 4.78 is 16.8. The minimum Gasteiger partial charge on any atom is -0.461 e. The molecule has 0 saturated heterocycles. The summed E-state index contributed by atoms with van der Waals surface area (Å²) in [6.45, 7) is 3.22. The molecule has 100 valence electrons. The SMILES string of the molecule is CCC(CC)(C(=O)OC1CCCC1)P(=O)(O)O. The van der Waals surface area contributed by atoms with Gasteiger partial charge in [0.2, 0.25) is 0 Å². The van der Waals surface area contributed by atoms with E-state index in [1.165, 1.54) is 0 Å². The second-order valence-corrected chi connectivity index (χ2v) is 6.54. The number of carbonyl (C=O) groups excluding carboxylic acids is 1. The lowest BCUT2D eigenvalue weighted by molar-refractivity contribution is -0.152. The minimum absolute atomic E-state index is 0.0966. The Balaban J connectivity index is 2.83. The third kappa shape index (κ3) is 2.90. The molecule has 5 nitrogen and oxygen atoms in total. The monoisotopic (exact) mass is 264 g/mol. The standard InChI is InChI=1S/C11H21O5P/c1-3-11(4-2,17(13,14)15)10(12)16-9-7-5-6-8-9/h9H,3-8H2,1-2H3,(H2,13,14,15). The Hall–Kier alpha value is -0.380. The molecular formula is C11H21O5P. The molecule has 0 spiro atoms. The summed E-state index contributed by atoms with van der Waals surface area (Å²) in [5, 5.41) is -1.66. The summed E-state index contributed by atoms with van der Waals surface area (Å²) in [4.78, 5) is 30.8. The molecule has 2 N–H and O–H groups in total. The Kier molecular flexibility index (Phi) is 4.76. The maximum atomic E-state index is 12.0. The first-order valence-electron chi connectivity index (χ1n) is 6.14. The van der Waals surface area contributed by atoms with Crippen molar-refractivity contribution in [3.63, 3.8) is 0 Å². The second-order valence-electron chi connectivity index (χ2n) is 4.59. The highest BCUT2D eigenvalue weighted by Gasteiger charge is 2.52. The molecule has 0 atom stereocenters. The van der Waals surface area contributed by atoms with Crippen LogP contribution in [0.1, 0.15) is 52.4 Å². The smallest absolute Gasteiger partial charge is 0.342 e. The van der Waals surface area contributed by atoms with Gasteiger partial charge in [0.1, 0.15) is 6.10 Å². The largest absolute Gasteiger partial charge is 0.461 e. The van der Waals surface area contributed by atoms with Gasteiger partial charge in [-0.3, -0.25) is 9.36 Å². The maximum absolute atomic E-state index is 12.0. The molecule has 0 heterocycles. The fourth-order valence-electron chi connectivity index (χ4n) is 2.34. The quantitative estimate of drug-likeness (QED) is 0.587. The van der Waals surface area contributed by atoms with Gasteiger partial charge < -0.3 is 14.5 Å². The van der Waals surface area contributed by atoms with E-state index >= 15 is 0 Å². The van der Waals surface area contributed by atoms with E-state index in [0.717, 1.165) is 25.7 Å². The highest BCUT2D eigenvalue weighted by molar-refractivity contribution is 7.54. The molecule has 0 aromatic heterocycles. The normalized spacial score (nSPS) is 18.4. The first kappa shape index (κ1) is 14.7. The maximum Gasteiger partial charge on any atom is 0.342 e. The highest BCUT2D eigenvalue weighted by Crippen LogP contribution is 2.55. The number of hydrogen-bond acceptors (Lipinski definition) is 3. The van der Waals surface area contributed by atoms with Crippen molar-refractivity contribution in [2.75, 3.05) is 0 Å². The van der Waals surface area contributed by atoms with E-state index in [-0.39, 0.29) is 18.9 Å². The fraction of sp³-hybridized carbons (Fsp3) is 0.909. The van der Waals surface area contributed by atoms with Crippen LogP contribution >= 0.6 is 7.60 Å². The van der Waals surface area contributed by atoms with Crippen LogP contribution in [0.25, 0.3) is 0 Å². The van der Waals surface area contributed by atoms with Crippen LogP contribution in [0.2, 0.25) is 0 Å². The van der Waals surface area contributed by atoms with Crippen molar-refractivity contribution in [2.24, 2.45) is 0 Å². The lowest BCUT2D eigenvalue weighted by atomic mass is 10.0. The van der Waals surface area contributed by atoms with Crippen LogP contribution in [0.4, 0.5) is 0 Å². The molecule has 0 bridgehead atoms. The van der Waals surface area contributed by atoms with E-state index < -0.39 is 18.7 Å². The topological polar surface area (TPSA) is 83.8 Å². The predicted molar refractivity (Wildman–Crippen MR) is 63.7 cm³/mol. The highest BCUT2D eigenvalue weighted by atomic mass is 31.2. The number of esters is 1. The Morgan fingerprint density at radius 2 is 1.76 bits per heavy atom. The van der Waals surface area contributed by atoms with E-state index in [4.69, 9.17) is 4.74 Å². The van der Waals surface area contributed by atoms with Crippen molar-refractivity contribution < 1.29 is 23.9 Å². The van der Waals surface area contributed by atoms with Crippen molar-refractivity contribution in [3.8, 4) is 0 Å². The Bertz CT molecular complexity index is 312. The molecule has 1 saturated carbocycles. The van der Waals surface area contributed by atoms with Crippen LogP contribution in [-0.4, -0.2) is 27.0 Å². The van der Waals surface area contributed by atoms with Gasteiger partial charge in [-0.1, -0.05) is 13.8 Å². The van der Waals surface area contributed by atoms with E-state index in [1.807, 2.05) is 0 Å². The average molecular weight is 264 g/mol. The first-order chi connectivity index (χ1) is 7.87. The molecule has 1 aliphatic carbocycles. The van der Waals surface area contributed by atoms with Gasteiger partial charge in [-0.25, -0.2) is 0 Å². The molecule has 0 amide bonds. The van der Waals surface area contributed by atoms with E-state index in [0.29, 0.717) is 0 Å². The third-order valence-corrected chi connectivity index (χ3v) is 5.61. The Labute approximate surface area is 102 Å². The lowest BCUT2D eigenvalue weighted by Gasteiger charge is -2.30. The molecule has 1 fully saturated rings. The van der Waals surface area contributed by atoms with E-state index in [2.05, 4.69) is 0 Å². The van der Waals surface area contributed by atoms with E-state index in [1.54, 1.807) is 13.8 Å². The zero-order valence-electron chi connectivity index (χ0n) is 10.4. The molecule has 17 heavy (non-hydrogen) atoms. The summed E-state index contributed by atoms with van der Waals surface area (Å²) in [6, 6.07) is 0. The van der Waals surface area contributed by atoms with Gasteiger partial charge in [-0.05, 0) is 38.5 Å². The van der Waals surface area contributed by atoms with Crippen LogP contribution in [0.3, 0.4) is 0 Å². The van der Waals surface area contributed by atoms with Crippen molar-refractivity contribution >= 4 is 13.6 Å². The van der Waals surface area contributed by atoms with Gasteiger partial charge in [0, 0.05) is 0 Å². The molecule has 0 radical (unpaired) electrons. The number of carbonyl (C=O) groups is 1.